The average molecular weight is 283 g/mol. The van der Waals surface area contributed by atoms with Gasteiger partial charge in [0.25, 0.3) is 0 Å². The second-order valence-corrected chi connectivity index (χ2v) is 4.99. The van der Waals surface area contributed by atoms with Crippen LogP contribution < -0.4 is 5.73 Å². The van der Waals surface area contributed by atoms with E-state index in [4.69, 9.17) is 10.5 Å². The molecule has 0 spiro atoms. The normalized spacial score (nSPS) is 12.0. The number of carbonyl (C=O) groups excluding carboxylic acids is 1. The third-order valence-electron chi connectivity index (χ3n) is 3.34. The van der Waals surface area contributed by atoms with Crippen molar-refractivity contribution in [3.8, 4) is 0 Å². The summed E-state index contributed by atoms with van der Waals surface area (Å²) in [5.41, 5.74) is 8.70. The van der Waals surface area contributed by atoms with Crippen molar-refractivity contribution in [3.05, 3.63) is 65.7 Å². The molecule has 2 rings (SSSR count). The van der Waals surface area contributed by atoms with Gasteiger partial charge in [0.2, 0.25) is 0 Å². The van der Waals surface area contributed by atoms with E-state index < -0.39 is 0 Å². The highest BCUT2D eigenvalue weighted by Gasteiger charge is 2.14. The van der Waals surface area contributed by atoms with Crippen LogP contribution in [0, 0.1) is 0 Å². The minimum absolute atomic E-state index is 0.0944. The number of ether oxygens (including phenoxy) is 1. The molecule has 0 amide bonds. The van der Waals surface area contributed by atoms with Crippen LogP contribution in [0.1, 0.15) is 36.5 Å². The number of benzene rings is 2. The summed E-state index contributed by atoms with van der Waals surface area (Å²) in [6.45, 7) is 0.637. The Morgan fingerprint density at radius 2 is 1.62 bits per heavy atom. The van der Waals surface area contributed by atoms with E-state index in [-0.39, 0.29) is 6.10 Å². The Kier molecular flexibility index (Phi) is 5.98. The molecule has 0 fully saturated rings. The van der Waals surface area contributed by atoms with Gasteiger partial charge in [-0.1, -0.05) is 42.5 Å². The molecule has 0 aliphatic heterocycles. The van der Waals surface area contributed by atoms with Crippen LogP contribution in [-0.4, -0.2) is 12.9 Å². The van der Waals surface area contributed by atoms with Gasteiger partial charge in [-0.3, -0.25) is 0 Å². The Morgan fingerprint density at radius 1 is 0.952 bits per heavy atom. The van der Waals surface area contributed by atoms with E-state index >= 15 is 0 Å². The highest BCUT2D eigenvalue weighted by Crippen LogP contribution is 2.26. The molecule has 2 N–H and O–H groups in total. The summed E-state index contributed by atoms with van der Waals surface area (Å²) < 4.78 is 6.04. The van der Waals surface area contributed by atoms with Gasteiger partial charge in [-0.15, -0.1) is 0 Å². The summed E-state index contributed by atoms with van der Waals surface area (Å²) in [5.74, 6) is 0. The molecule has 0 bridgehead atoms. The van der Waals surface area contributed by atoms with Gasteiger partial charge in [-0.2, -0.15) is 0 Å². The number of aldehydes is 1. The number of unbranched alkanes of at least 4 members (excludes halogenated alkanes) is 2. The molecule has 0 aliphatic rings. The Balaban J connectivity index is 2.07. The summed E-state index contributed by atoms with van der Waals surface area (Å²) >= 11 is 0. The second kappa shape index (κ2) is 8.22. The van der Waals surface area contributed by atoms with Gasteiger partial charge in [0.1, 0.15) is 12.4 Å². The van der Waals surface area contributed by atoms with E-state index in [1.165, 1.54) is 0 Å². The van der Waals surface area contributed by atoms with E-state index in [2.05, 4.69) is 12.1 Å². The number of hydrogen-bond donors (Lipinski definition) is 1. The van der Waals surface area contributed by atoms with Gasteiger partial charge in [0.15, 0.2) is 0 Å². The first-order chi connectivity index (χ1) is 10.3. The van der Waals surface area contributed by atoms with Crippen molar-refractivity contribution in [3.63, 3.8) is 0 Å². The molecule has 21 heavy (non-hydrogen) atoms. The first-order valence-electron chi connectivity index (χ1n) is 7.27. The first-order valence-corrected chi connectivity index (χ1v) is 7.27. The number of nitrogens with two attached hydrogens (primary N) is 1. The lowest BCUT2D eigenvalue weighted by Crippen LogP contribution is -2.07. The topological polar surface area (TPSA) is 52.3 Å². The predicted octanol–water partition coefficient (Wildman–Crippen LogP) is 3.74. The van der Waals surface area contributed by atoms with Crippen LogP contribution in [0.25, 0.3) is 0 Å². The highest BCUT2D eigenvalue weighted by molar-refractivity contribution is 5.48. The maximum absolute atomic E-state index is 10.3. The quantitative estimate of drug-likeness (QED) is 0.456. The molecule has 0 aromatic heterocycles. The molecule has 3 heteroatoms. The summed E-state index contributed by atoms with van der Waals surface area (Å²) in [4.78, 5) is 10.3. The third kappa shape index (κ3) is 4.72. The van der Waals surface area contributed by atoms with Gasteiger partial charge in [0, 0.05) is 18.7 Å². The Bertz CT molecular complexity index is 537. The lowest BCUT2D eigenvalue weighted by molar-refractivity contribution is -0.108. The van der Waals surface area contributed by atoms with E-state index in [1.54, 1.807) is 0 Å². The van der Waals surface area contributed by atoms with Gasteiger partial charge in [-0.25, -0.2) is 0 Å². The molecule has 1 atom stereocenters. The van der Waals surface area contributed by atoms with Crippen LogP contribution in [0.2, 0.25) is 0 Å². The Labute approximate surface area is 125 Å². The molecule has 110 valence electrons. The fourth-order valence-electron chi connectivity index (χ4n) is 2.21. The molecular weight excluding hydrogens is 262 g/mol. The van der Waals surface area contributed by atoms with Crippen LogP contribution in [0.3, 0.4) is 0 Å². The molecule has 2 aromatic carbocycles. The van der Waals surface area contributed by atoms with Crippen molar-refractivity contribution in [1.82, 2.24) is 0 Å². The van der Waals surface area contributed by atoms with E-state index in [0.717, 1.165) is 35.9 Å². The van der Waals surface area contributed by atoms with Crippen LogP contribution >= 0.6 is 0 Å². The average Bonchev–Trinajstić information content (AvgIpc) is 2.53. The van der Waals surface area contributed by atoms with Crippen LogP contribution in [0.15, 0.2) is 54.6 Å². The molecule has 0 saturated heterocycles. The van der Waals surface area contributed by atoms with E-state index in [0.29, 0.717) is 13.0 Å². The number of anilines is 1. The summed E-state index contributed by atoms with van der Waals surface area (Å²) in [6.07, 6.45) is 3.21. The van der Waals surface area contributed by atoms with Crippen molar-refractivity contribution in [2.75, 3.05) is 12.3 Å². The minimum atomic E-state index is -0.0944. The van der Waals surface area contributed by atoms with E-state index in [1.807, 2.05) is 42.5 Å². The van der Waals surface area contributed by atoms with Crippen molar-refractivity contribution in [1.29, 1.82) is 0 Å². The van der Waals surface area contributed by atoms with Crippen LogP contribution in [-0.2, 0) is 9.53 Å². The van der Waals surface area contributed by atoms with Crippen LogP contribution in [0.5, 0.6) is 0 Å². The maximum Gasteiger partial charge on any atom is 0.119 e. The fourth-order valence-corrected chi connectivity index (χ4v) is 2.21. The molecule has 3 nitrogen and oxygen atoms in total. The zero-order valence-corrected chi connectivity index (χ0v) is 12.1. The number of hydrogen-bond acceptors (Lipinski definition) is 3. The summed E-state index contributed by atoms with van der Waals surface area (Å²) in [6, 6.07) is 17.9. The smallest absolute Gasteiger partial charge is 0.119 e. The maximum atomic E-state index is 10.3. The molecule has 0 aliphatic carbocycles. The highest BCUT2D eigenvalue weighted by atomic mass is 16.5. The number of nitrogen functional groups attached to an aromatic ring is 1. The molecule has 0 radical (unpaired) electrons. The van der Waals surface area contributed by atoms with Crippen molar-refractivity contribution < 1.29 is 9.53 Å². The molecule has 2 aromatic rings. The zero-order valence-electron chi connectivity index (χ0n) is 12.1. The zero-order chi connectivity index (χ0) is 14.9. The van der Waals surface area contributed by atoms with Gasteiger partial charge >= 0.3 is 0 Å². The SMILES string of the molecule is Nc1ccc(C(OCCCCC=O)c2ccccc2)cc1. The molecule has 0 heterocycles. The predicted molar refractivity (Wildman–Crippen MR) is 85.0 cm³/mol. The minimum Gasteiger partial charge on any atom is -0.399 e. The standard InChI is InChI=1S/C18H21NO2/c19-17-11-9-16(10-12-17)18(15-7-3-1-4-8-15)21-14-6-2-5-13-20/h1,3-4,7-13,18H,2,5-6,14,19H2. The Morgan fingerprint density at radius 3 is 2.29 bits per heavy atom. The second-order valence-electron chi connectivity index (χ2n) is 4.99. The third-order valence-corrected chi connectivity index (χ3v) is 3.34. The summed E-state index contributed by atoms with van der Waals surface area (Å²) in [7, 11) is 0. The molecule has 1 unspecified atom stereocenters. The molecular formula is C18H21NO2. The monoisotopic (exact) mass is 283 g/mol. The lowest BCUT2D eigenvalue weighted by atomic mass is 10.0. The largest absolute Gasteiger partial charge is 0.399 e. The lowest BCUT2D eigenvalue weighted by Gasteiger charge is -2.19. The number of rotatable bonds is 8. The van der Waals surface area contributed by atoms with Gasteiger partial charge < -0.3 is 15.3 Å². The van der Waals surface area contributed by atoms with E-state index in [9.17, 15) is 4.79 Å². The van der Waals surface area contributed by atoms with Crippen molar-refractivity contribution in [2.24, 2.45) is 0 Å². The van der Waals surface area contributed by atoms with Gasteiger partial charge in [-0.05, 0) is 36.1 Å². The first kappa shape index (κ1) is 15.3. The van der Waals surface area contributed by atoms with Crippen molar-refractivity contribution in [2.45, 2.75) is 25.4 Å². The molecule has 0 saturated carbocycles. The summed E-state index contributed by atoms with van der Waals surface area (Å²) in [5, 5.41) is 0. The Hall–Kier alpha value is -2.13. The van der Waals surface area contributed by atoms with Crippen LogP contribution in [0.4, 0.5) is 5.69 Å². The fraction of sp³-hybridized carbons (Fsp3) is 0.278. The van der Waals surface area contributed by atoms with Crippen molar-refractivity contribution >= 4 is 12.0 Å². The van der Waals surface area contributed by atoms with Gasteiger partial charge in [0.05, 0.1) is 0 Å². The number of carbonyl (C=O) groups is 1.